The van der Waals surface area contributed by atoms with Crippen molar-refractivity contribution < 1.29 is 23.0 Å². The molecule has 4 rings (SSSR count). The summed E-state index contributed by atoms with van der Waals surface area (Å²) in [5.74, 6) is -0.449. The number of nitrogens with zero attached hydrogens (tertiary/aromatic N) is 2. The highest BCUT2D eigenvalue weighted by molar-refractivity contribution is 5.93. The van der Waals surface area contributed by atoms with E-state index in [9.17, 15) is 18.8 Å². The molecule has 9 heteroatoms. The Bertz CT molecular complexity index is 1420. The first-order valence-electron chi connectivity index (χ1n) is 10.1. The van der Waals surface area contributed by atoms with Crippen LogP contribution in [0.15, 0.2) is 60.7 Å². The number of nitriles is 1. The van der Waals surface area contributed by atoms with Gasteiger partial charge in [0, 0.05) is 11.3 Å². The Morgan fingerprint density at radius 3 is 2.65 bits per heavy atom. The molecule has 0 saturated heterocycles. The van der Waals surface area contributed by atoms with E-state index in [0.29, 0.717) is 28.0 Å². The largest absolute Gasteiger partial charge is 0.493 e. The highest BCUT2D eigenvalue weighted by atomic mass is 19.1. The Kier molecular flexibility index (Phi) is 6.50. The second-order valence-corrected chi connectivity index (χ2v) is 7.14. The van der Waals surface area contributed by atoms with Gasteiger partial charge in [-0.15, -0.1) is 0 Å². The van der Waals surface area contributed by atoms with Crippen molar-refractivity contribution in [2.75, 3.05) is 19.0 Å². The maximum Gasteiger partial charge on any atom is 0.262 e. The number of halogens is 2. The van der Waals surface area contributed by atoms with Crippen molar-refractivity contribution in [3.63, 3.8) is 0 Å². The van der Waals surface area contributed by atoms with Crippen LogP contribution < -0.4 is 14.8 Å². The Labute approximate surface area is 193 Å². The van der Waals surface area contributed by atoms with Crippen LogP contribution in [0.1, 0.15) is 11.4 Å². The fraction of sp³-hybridized carbons (Fsp3) is 0.0800. The first-order chi connectivity index (χ1) is 16.5. The molecule has 0 aliphatic rings. The average molecular weight is 460 g/mol. The molecule has 0 bridgehead atoms. The lowest BCUT2D eigenvalue weighted by Crippen LogP contribution is -2.20. The molecule has 0 aliphatic heterocycles. The number of fused-ring (bicyclic) bond motifs is 1. The number of methoxy groups -OCH3 is 1. The van der Waals surface area contributed by atoms with Crippen LogP contribution in [-0.4, -0.2) is 29.6 Å². The van der Waals surface area contributed by atoms with Crippen LogP contribution >= 0.6 is 0 Å². The summed E-state index contributed by atoms with van der Waals surface area (Å²) in [6.45, 7) is -0.357. The molecule has 0 saturated carbocycles. The normalized spacial score (nSPS) is 11.2. The molecular formula is C25H18F2N4O3. The third kappa shape index (κ3) is 5.02. The second kappa shape index (κ2) is 9.83. The molecule has 1 aromatic heterocycles. The summed E-state index contributed by atoms with van der Waals surface area (Å²) >= 11 is 0. The Hall–Kier alpha value is -4.71. The molecule has 3 aromatic carbocycles. The minimum atomic E-state index is -0.465. The molecule has 7 nitrogen and oxygen atoms in total. The molecule has 170 valence electrons. The molecular weight excluding hydrogens is 442 g/mol. The monoisotopic (exact) mass is 460 g/mol. The number of carbonyl (C=O) groups is 1. The number of carbonyl (C=O) groups excluding carboxylic acids is 1. The zero-order chi connectivity index (χ0) is 24.1. The lowest BCUT2D eigenvalue weighted by atomic mass is 10.1. The molecule has 0 unspecified atom stereocenters. The number of para-hydroxylation sites is 1. The van der Waals surface area contributed by atoms with Gasteiger partial charge in [0.25, 0.3) is 5.91 Å². The topological polar surface area (TPSA) is 100 Å². The van der Waals surface area contributed by atoms with Gasteiger partial charge in [0.2, 0.25) is 0 Å². The van der Waals surface area contributed by atoms with E-state index in [4.69, 9.17) is 9.47 Å². The maximum absolute atomic E-state index is 13.5. The van der Waals surface area contributed by atoms with Gasteiger partial charge in [-0.1, -0.05) is 12.1 Å². The van der Waals surface area contributed by atoms with E-state index in [1.165, 1.54) is 55.7 Å². The molecule has 1 heterocycles. The van der Waals surface area contributed by atoms with Gasteiger partial charge in [0.15, 0.2) is 18.1 Å². The number of aromatic amines is 1. The van der Waals surface area contributed by atoms with Crippen molar-refractivity contribution >= 4 is 34.3 Å². The van der Waals surface area contributed by atoms with Crippen LogP contribution in [0, 0.1) is 23.0 Å². The number of anilines is 1. The van der Waals surface area contributed by atoms with E-state index < -0.39 is 17.5 Å². The first kappa shape index (κ1) is 22.5. The van der Waals surface area contributed by atoms with Crippen LogP contribution in [0.25, 0.3) is 22.7 Å². The number of ether oxygens (including phenoxy) is 2. The van der Waals surface area contributed by atoms with E-state index in [2.05, 4.69) is 21.4 Å². The highest BCUT2D eigenvalue weighted by Gasteiger charge is 2.15. The summed E-state index contributed by atoms with van der Waals surface area (Å²) in [4.78, 5) is 19.6. The summed E-state index contributed by atoms with van der Waals surface area (Å²) < 4.78 is 37.6. The smallest absolute Gasteiger partial charge is 0.262 e. The van der Waals surface area contributed by atoms with Crippen LogP contribution in [0.3, 0.4) is 0 Å². The lowest BCUT2D eigenvalue weighted by Gasteiger charge is -2.13. The van der Waals surface area contributed by atoms with Crippen LogP contribution in [-0.2, 0) is 4.79 Å². The van der Waals surface area contributed by atoms with Crippen molar-refractivity contribution in [1.82, 2.24) is 9.97 Å². The SMILES string of the molecule is COc1cccc(/C=C(/C#N)c2nc3ccc(F)cc3[nH]2)c1OCC(=O)Nc1ccc(F)cc1. The number of nitrogens with one attached hydrogen (secondary N) is 2. The van der Waals surface area contributed by atoms with Gasteiger partial charge in [-0.3, -0.25) is 4.79 Å². The van der Waals surface area contributed by atoms with Gasteiger partial charge in [-0.25, -0.2) is 13.8 Å². The van der Waals surface area contributed by atoms with E-state index in [1.807, 2.05) is 0 Å². The van der Waals surface area contributed by atoms with Gasteiger partial charge < -0.3 is 19.8 Å². The molecule has 1 amide bonds. The predicted octanol–water partition coefficient (Wildman–Crippen LogP) is 4.93. The van der Waals surface area contributed by atoms with Crippen molar-refractivity contribution in [2.24, 2.45) is 0 Å². The minimum absolute atomic E-state index is 0.172. The Balaban J connectivity index is 1.60. The molecule has 2 N–H and O–H groups in total. The molecule has 0 atom stereocenters. The highest BCUT2D eigenvalue weighted by Crippen LogP contribution is 2.33. The van der Waals surface area contributed by atoms with Crippen molar-refractivity contribution in [1.29, 1.82) is 5.26 Å². The molecule has 0 fully saturated rings. The average Bonchev–Trinajstić information content (AvgIpc) is 3.25. The van der Waals surface area contributed by atoms with Crippen LogP contribution in [0.2, 0.25) is 0 Å². The summed E-state index contributed by atoms with van der Waals surface area (Å²) in [5, 5.41) is 12.3. The minimum Gasteiger partial charge on any atom is -0.493 e. The first-order valence-corrected chi connectivity index (χ1v) is 10.1. The van der Waals surface area contributed by atoms with Crippen molar-refractivity contribution in [2.45, 2.75) is 0 Å². The summed E-state index contributed by atoms with van der Waals surface area (Å²) in [6.07, 6.45) is 1.53. The predicted molar refractivity (Wildman–Crippen MR) is 123 cm³/mol. The van der Waals surface area contributed by atoms with E-state index in [0.717, 1.165) is 0 Å². The number of amides is 1. The van der Waals surface area contributed by atoms with Gasteiger partial charge in [-0.05, 0) is 54.6 Å². The molecule has 0 aliphatic carbocycles. The van der Waals surface area contributed by atoms with Gasteiger partial charge in [-0.2, -0.15) is 5.26 Å². The molecule has 0 spiro atoms. The third-order valence-electron chi connectivity index (χ3n) is 4.82. The maximum atomic E-state index is 13.5. The summed E-state index contributed by atoms with van der Waals surface area (Å²) in [7, 11) is 1.45. The number of rotatable bonds is 7. The van der Waals surface area contributed by atoms with E-state index in [-0.39, 0.29) is 23.8 Å². The van der Waals surface area contributed by atoms with Crippen molar-refractivity contribution in [3.8, 4) is 17.6 Å². The quantitative estimate of drug-likeness (QED) is 0.381. The van der Waals surface area contributed by atoms with Gasteiger partial charge in [0.1, 0.15) is 23.5 Å². The van der Waals surface area contributed by atoms with Crippen molar-refractivity contribution in [3.05, 3.63) is 83.7 Å². The van der Waals surface area contributed by atoms with E-state index in [1.54, 1.807) is 18.2 Å². The number of allylic oxidation sites excluding steroid dienone is 1. The number of hydrogen-bond donors (Lipinski definition) is 2. The Morgan fingerprint density at radius 2 is 1.91 bits per heavy atom. The van der Waals surface area contributed by atoms with Crippen LogP contribution in [0.5, 0.6) is 11.5 Å². The van der Waals surface area contributed by atoms with Gasteiger partial charge in [0.05, 0.1) is 23.7 Å². The third-order valence-corrected chi connectivity index (χ3v) is 4.82. The van der Waals surface area contributed by atoms with Gasteiger partial charge >= 0.3 is 0 Å². The zero-order valence-corrected chi connectivity index (χ0v) is 17.9. The molecule has 34 heavy (non-hydrogen) atoms. The second-order valence-electron chi connectivity index (χ2n) is 7.14. The summed E-state index contributed by atoms with van der Waals surface area (Å²) in [6, 6.07) is 16.5. The zero-order valence-electron chi connectivity index (χ0n) is 17.9. The molecule has 4 aromatic rings. The fourth-order valence-electron chi connectivity index (χ4n) is 3.25. The van der Waals surface area contributed by atoms with E-state index >= 15 is 0 Å². The number of hydrogen-bond acceptors (Lipinski definition) is 5. The number of benzene rings is 3. The summed E-state index contributed by atoms with van der Waals surface area (Å²) in [5.41, 5.74) is 2.03. The fourth-order valence-corrected chi connectivity index (χ4v) is 3.25. The lowest BCUT2D eigenvalue weighted by molar-refractivity contribution is -0.118. The van der Waals surface area contributed by atoms with Crippen LogP contribution in [0.4, 0.5) is 14.5 Å². The molecule has 0 radical (unpaired) electrons. The number of aromatic nitrogens is 2. The number of imidazole rings is 1. The number of H-pyrrole nitrogens is 1. The standard InChI is InChI=1S/C25H18F2N4O3/c1-33-22-4-2-3-15(24(22)34-14-23(32)29-19-8-5-17(26)6-9-19)11-16(13-28)25-30-20-10-7-18(27)12-21(20)31-25/h2-12H,14H2,1H3,(H,29,32)(H,30,31)/b16-11-. The Morgan fingerprint density at radius 1 is 1.15 bits per heavy atom.